The minimum Gasteiger partial charge on any atom is -0.481 e. The zero-order valence-electron chi connectivity index (χ0n) is 11.8. The van der Waals surface area contributed by atoms with Crippen LogP contribution in [-0.4, -0.2) is 28.5 Å². The summed E-state index contributed by atoms with van der Waals surface area (Å²) in [6, 6.07) is 6.99. The van der Waals surface area contributed by atoms with E-state index in [0.29, 0.717) is 17.3 Å². The number of carbonyl (C=O) groups is 1. The summed E-state index contributed by atoms with van der Waals surface area (Å²) in [7, 11) is 0. The molecular formula is C15H18ClN3O2. The van der Waals surface area contributed by atoms with E-state index in [4.69, 9.17) is 16.3 Å². The number of hydrogen-bond donors (Lipinski definition) is 2. The smallest absolute Gasteiger partial charge is 0.260 e. The van der Waals surface area contributed by atoms with Crippen LogP contribution in [-0.2, 0) is 11.2 Å². The lowest BCUT2D eigenvalue weighted by atomic mass is 10.3. The molecule has 1 aromatic heterocycles. The number of H-pyrrole nitrogens is 1. The van der Waals surface area contributed by atoms with Gasteiger partial charge in [0.25, 0.3) is 5.91 Å². The molecule has 112 valence electrons. The number of amides is 1. The van der Waals surface area contributed by atoms with Crippen LogP contribution in [0.3, 0.4) is 0 Å². The highest BCUT2D eigenvalue weighted by Crippen LogP contribution is 2.18. The summed E-state index contributed by atoms with van der Waals surface area (Å²) in [4.78, 5) is 19.1. The first-order chi connectivity index (χ1) is 10.1. The highest BCUT2D eigenvalue weighted by atomic mass is 35.5. The minimum atomic E-state index is -0.563. The second-order valence-corrected chi connectivity index (χ2v) is 5.08. The number of nitrogens with zero attached hydrogens (tertiary/aromatic N) is 1. The van der Waals surface area contributed by atoms with Crippen molar-refractivity contribution in [2.45, 2.75) is 25.9 Å². The molecule has 0 saturated heterocycles. The Morgan fingerprint density at radius 3 is 3.10 bits per heavy atom. The van der Waals surface area contributed by atoms with Gasteiger partial charge >= 0.3 is 0 Å². The molecule has 2 N–H and O–H groups in total. The Balaban J connectivity index is 1.70. The van der Waals surface area contributed by atoms with E-state index in [1.807, 2.05) is 0 Å². The summed E-state index contributed by atoms with van der Waals surface area (Å²) >= 11 is 5.87. The van der Waals surface area contributed by atoms with Crippen LogP contribution in [0.15, 0.2) is 36.7 Å². The van der Waals surface area contributed by atoms with Gasteiger partial charge in [-0.15, -0.1) is 0 Å². The number of hydrogen-bond acceptors (Lipinski definition) is 3. The second kappa shape index (κ2) is 7.69. The van der Waals surface area contributed by atoms with Crippen LogP contribution in [0.1, 0.15) is 19.2 Å². The molecule has 1 amide bonds. The van der Waals surface area contributed by atoms with E-state index in [9.17, 15) is 4.79 Å². The van der Waals surface area contributed by atoms with Gasteiger partial charge in [0.1, 0.15) is 11.6 Å². The number of rotatable bonds is 7. The van der Waals surface area contributed by atoms with Crippen LogP contribution in [0.5, 0.6) is 5.75 Å². The largest absolute Gasteiger partial charge is 0.481 e. The molecule has 0 aliphatic carbocycles. The number of benzene rings is 1. The second-order valence-electron chi connectivity index (χ2n) is 4.65. The molecule has 0 aliphatic heterocycles. The van der Waals surface area contributed by atoms with E-state index in [-0.39, 0.29) is 5.91 Å². The van der Waals surface area contributed by atoms with Crippen molar-refractivity contribution in [2.24, 2.45) is 0 Å². The molecule has 1 unspecified atom stereocenters. The standard InChI is InChI=1S/C15H18ClN3O2/c1-11(21-13-5-2-4-12(16)10-13)15(20)19-7-3-6-14-17-8-9-18-14/h2,4-5,8-11H,3,6-7H2,1H3,(H,17,18)(H,19,20). The quantitative estimate of drug-likeness (QED) is 0.773. The monoisotopic (exact) mass is 307 g/mol. The first kappa shape index (κ1) is 15.4. The van der Waals surface area contributed by atoms with Gasteiger partial charge in [-0.1, -0.05) is 17.7 Å². The first-order valence-electron chi connectivity index (χ1n) is 6.83. The maximum atomic E-state index is 11.9. The summed E-state index contributed by atoms with van der Waals surface area (Å²) in [6.45, 7) is 2.30. The molecule has 6 heteroatoms. The average Bonchev–Trinajstić information content (AvgIpc) is 2.96. The molecule has 0 spiro atoms. The van der Waals surface area contributed by atoms with E-state index >= 15 is 0 Å². The van der Waals surface area contributed by atoms with Crippen molar-refractivity contribution >= 4 is 17.5 Å². The highest BCUT2D eigenvalue weighted by molar-refractivity contribution is 6.30. The van der Waals surface area contributed by atoms with E-state index in [2.05, 4.69) is 15.3 Å². The maximum absolute atomic E-state index is 11.9. The van der Waals surface area contributed by atoms with Crippen LogP contribution in [0.2, 0.25) is 5.02 Å². The van der Waals surface area contributed by atoms with E-state index in [1.165, 1.54) is 0 Å². The van der Waals surface area contributed by atoms with Crippen LogP contribution in [0.4, 0.5) is 0 Å². The third-order valence-corrected chi connectivity index (χ3v) is 3.16. The Kier molecular flexibility index (Phi) is 5.63. The molecule has 0 fully saturated rings. The number of aryl methyl sites for hydroxylation is 1. The molecule has 1 atom stereocenters. The summed E-state index contributed by atoms with van der Waals surface area (Å²) in [6.07, 6.45) is 4.57. The fraction of sp³-hybridized carbons (Fsp3) is 0.333. The van der Waals surface area contributed by atoms with Gasteiger partial charge in [-0.05, 0) is 31.5 Å². The van der Waals surface area contributed by atoms with Crippen LogP contribution >= 0.6 is 11.6 Å². The predicted octanol–water partition coefficient (Wildman–Crippen LogP) is 2.58. The SMILES string of the molecule is CC(Oc1cccc(Cl)c1)C(=O)NCCCc1ncc[nH]1. The van der Waals surface area contributed by atoms with Gasteiger partial charge < -0.3 is 15.0 Å². The summed E-state index contributed by atoms with van der Waals surface area (Å²) in [5.74, 6) is 1.36. The van der Waals surface area contributed by atoms with Crippen LogP contribution in [0.25, 0.3) is 0 Å². The molecule has 0 radical (unpaired) electrons. The molecule has 1 heterocycles. The predicted molar refractivity (Wildman–Crippen MR) is 81.5 cm³/mol. The van der Waals surface area contributed by atoms with Crippen LogP contribution in [0, 0.1) is 0 Å². The number of nitrogens with one attached hydrogen (secondary N) is 2. The van der Waals surface area contributed by atoms with Gasteiger partial charge in [-0.25, -0.2) is 4.98 Å². The number of imidazole rings is 1. The van der Waals surface area contributed by atoms with E-state index in [0.717, 1.165) is 18.7 Å². The summed E-state index contributed by atoms with van der Waals surface area (Å²) < 4.78 is 5.54. The lowest BCUT2D eigenvalue weighted by molar-refractivity contribution is -0.127. The molecule has 21 heavy (non-hydrogen) atoms. The molecule has 0 saturated carbocycles. The van der Waals surface area contributed by atoms with Gasteiger partial charge in [0.15, 0.2) is 6.10 Å². The number of halogens is 1. The molecule has 5 nitrogen and oxygen atoms in total. The van der Waals surface area contributed by atoms with Crippen molar-refractivity contribution in [1.29, 1.82) is 0 Å². The third kappa shape index (κ3) is 5.11. The zero-order chi connectivity index (χ0) is 15.1. The van der Waals surface area contributed by atoms with Gasteiger partial charge in [0, 0.05) is 30.4 Å². The first-order valence-corrected chi connectivity index (χ1v) is 7.21. The topological polar surface area (TPSA) is 67.0 Å². The van der Waals surface area contributed by atoms with Gasteiger partial charge in [0.2, 0.25) is 0 Å². The zero-order valence-corrected chi connectivity index (χ0v) is 12.6. The highest BCUT2D eigenvalue weighted by Gasteiger charge is 2.14. The minimum absolute atomic E-state index is 0.144. The van der Waals surface area contributed by atoms with Crippen molar-refractivity contribution < 1.29 is 9.53 Å². The van der Waals surface area contributed by atoms with Gasteiger partial charge in [-0.3, -0.25) is 4.79 Å². The Labute approximate surface area is 128 Å². The van der Waals surface area contributed by atoms with Crippen molar-refractivity contribution in [1.82, 2.24) is 15.3 Å². The number of aromatic amines is 1. The van der Waals surface area contributed by atoms with Crippen molar-refractivity contribution in [2.75, 3.05) is 6.54 Å². The molecule has 0 aliphatic rings. The van der Waals surface area contributed by atoms with E-state index < -0.39 is 6.10 Å². The van der Waals surface area contributed by atoms with Crippen molar-refractivity contribution in [3.05, 3.63) is 47.5 Å². The van der Waals surface area contributed by atoms with Gasteiger partial charge in [0.05, 0.1) is 0 Å². The summed E-state index contributed by atoms with van der Waals surface area (Å²) in [5.41, 5.74) is 0. The number of carbonyl (C=O) groups excluding carboxylic acids is 1. The molecule has 2 aromatic rings. The third-order valence-electron chi connectivity index (χ3n) is 2.92. The molecule has 0 bridgehead atoms. The molecule has 2 rings (SSSR count). The Morgan fingerprint density at radius 2 is 2.38 bits per heavy atom. The Morgan fingerprint density at radius 1 is 1.52 bits per heavy atom. The Bertz CT molecular complexity index is 572. The van der Waals surface area contributed by atoms with Crippen molar-refractivity contribution in [3.63, 3.8) is 0 Å². The van der Waals surface area contributed by atoms with Crippen molar-refractivity contribution in [3.8, 4) is 5.75 Å². The number of ether oxygens (including phenoxy) is 1. The molecule has 1 aromatic carbocycles. The lowest BCUT2D eigenvalue weighted by Gasteiger charge is -2.14. The number of aromatic nitrogens is 2. The maximum Gasteiger partial charge on any atom is 0.260 e. The normalized spacial score (nSPS) is 11.9. The summed E-state index contributed by atoms with van der Waals surface area (Å²) in [5, 5.41) is 3.42. The van der Waals surface area contributed by atoms with E-state index in [1.54, 1.807) is 43.6 Å². The average molecular weight is 308 g/mol. The Hall–Kier alpha value is -2.01. The molecular weight excluding hydrogens is 290 g/mol. The fourth-order valence-corrected chi connectivity index (χ4v) is 2.02. The fourth-order valence-electron chi connectivity index (χ4n) is 1.84. The van der Waals surface area contributed by atoms with Gasteiger partial charge in [-0.2, -0.15) is 0 Å². The van der Waals surface area contributed by atoms with Crippen LogP contribution < -0.4 is 10.1 Å². The lowest BCUT2D eigenvalue weighted by Crippen LogP contribution is -2.36.